The Morgan fingerprint density at radius 3 is 2.62 bits per heavy atom. The Morgan fingerprint density at radius 1 is 1.28 bits per heavy atom. The van der Waals surface area contributed by atoms with E-state index < -0.39 is 36.2 Å². The zero-order valence-electron chi connectivity index (χ0n) is 17.2. The van der Waals surface area contributed by atoms with Crippen LogP contribution >= 0.6 is 0 Å². The average Bonchev–Trinajstić information content (AvgIpc) is 2.95. The van der Waals surface area contributed by atoms with E-state index in [2.05, 4.69) is 0 Å². The smallest absolute Gasteiger partial charge is 0.336 e. The maximum absolute atomic E-state index is 11.4. The molecule has 7 nitrogen and oxygen atoms in total. The highest BCUT2D eigenvalue weighted by Crippen LogP contribution is 2.32. The molecule has 2 rings (SSSR count). The van der Waals surface area contributed by atoms with E-state index in [1.54, 1.807) is 57.2 Å². The fraction of sp³-hybridized carbons (Fsp3) is 0.500. The number of ether oxygens (including phenoxy) is 3. The molecule has 0 radical (unpaired) electrons. The monoisotopic (exact) mass is 406 g/mol. The van der Waals surface area contributed by atoms with Crippen LogP contribution in [0.3, 0.4) is 0 Å². The van der Waals surface area contributed by atoms with Crippen molar-refractivity contribution in [3.8, 4) is 5.75 Å². The number of aliphatic hydroxyl groups is 2. The van der Waals surface area contributed by atoms with Gasteiger partial charge in [-0.3, -0.25) is 0 Å². The Bertz CT molecular complexity index is 752. The van der Waals surface area contributed by atoms with Crippen molar-refractivity contribution in [3.05, 3.63) is 47.6 Å². The summed E-state index contributed by atoms with van der Waals surface area (Å²) < 4.78 is 16.9. The first-order valence-corrected chi connectivity index (χ1v) is 9.59. The molecule has 1 aromatic carbocycles. The first-order chi connectivity index (χ1) is 13.6. The second kappa shape index (κ2) is 10.0. The van der Waals surface area contributed by atoms with Crippen molar-refractivity contribution in [2.24, 2.45) is 0 Å². The van der Waals surface area contributed by atoms with Crippen LogP contribution in [0.1, 0.15) is 49.5 Å². The molecule has 0 aliphatic carbocycles. The SMILES string of the molecule is COc1ccc(C(=O)O)c(/C=C/C[C@@H]2OC(C)(C)O[C@@H]2C(O)/C=C\C[C@H](C)O)c1. The lowest BCUT2D eigenvalue weighted by molar-refractivity contribution is -0.152. The Labute approximate surface area is 171 Å². The molecule has 0 bridgehead atoms. The number of aliphatic hydroxyl groups excluding tert-OH is 2. The fourth-order valence-electron chi connectivity index (χ4n) is 3.19. The maximum atomic E-state index is 11.4. The lowest BCUT2D eigenvalue weighted by Crippen LogP contribution is -2.34. The number of carboxylic acid groups (broad SMARTS) is 1. The molecule has 0 amide bonds. The minimum Gasteiger partial charge on any atom is -0.497 e. The highest BCUT2D eigenvalue weighted by Gasteiger charge is 2.43. The van der Waals surface area contributed by atoms with Crippen LogP contribution in [0, 0.1) is 0 Å². The van der Waals surface area contributed by atoms with Gasteiger partial charge in [-0.05, 0) is 57.4 Å². The van der Waals surface area contributed by atoms with Crippen molar-refractivity contribution in [2.75, 3.05) is 7.11 Å². The highest BCUT2D eigenvalue weighted by molar-refractivity contribution is 5.92. The van der Waals surface area contributed by atoms with Crippen LogP contribution in [0.15, 0.2) is 36.4 Å². The van der Waals surface area contributed by atoms with Gasteiger partial charge in [0.25, 0.3) is 0 Å². The molecule has 0 spiro atoms. The van der Waals surface area contributed by atoms with E-state index in [0.29, 0.717) is 24.2 Å². The van der Waals surface area contributed by atoms with Gasteiger partial charge in [-0.2, -0.15) is 0 Å². The number of rotatable bonds is 9. The summed E-state index contributed by atoms with van der Waals surface area (Å²) in [6.45, 7) is 5.23. The molecule has 1 aromatic rings. The highest BCUT2D eigenvalue weighted by atomic mass is 16.8. The van der Waals surface area contributed by atoms with Crippen molar-refractivity contribution in [1.29, 1.82) is 0 Å². The van der Waals surface area contributed by atoms with Gasteiger partial charge in [0.1, 0.15) is 18.0 Å². The van der Waals surface area contributed by atoms with Crippen molar-refractivity contribution < 1.29 is 34.3 Å². The van der Waals surface area contributed by atoms with Gasteiger partial charge in [-0.15, -0.1) is 0 Å². The van der Waals surface area contributed by atoms with Gasteiger partial charge in [-0.25, -0.2) is 4.79 Å². The van der Waals surface area contributed by atoms with Crippen molar-refractivity contribution >= 4 is 12.0 Å². The number of methoxy groups -OCH3 is 1. The Morgan fingerprint density at radius 2 is 2.00 bits per heavy atom. The Balaban J connectivity index is 2.12. The van der Waals surface area contributed by atoms with E-state index in [0.717, 1.165) is 0 Å². The number of carboxylic acids is 1. The second-order valence-electron chi connectivity index (χ2n) is 7.54. The number of hydrogen-bond donors (Lipinski definition) is 3. The number of benzene rings is 1. The first-order valence-electron chi connectivity index (χ1n) is 9.59. The van der Waals surface area contributed by atoms with Gasteiger partial charge in [0.15, 0.2) is 5.79 Å². The number of aromatic carboxylic acids is 1. The summed E-state index contributed by atoms with van der Waals surface area (Å²) in [7, 11) is 1.52. The zero-order valence-corrected chi connectivity index (χ0v) is 17.2. The van der Waals surface area contributed by atoms with E-state index in [9.17, 15) is 20.1 Å². The zero-order chi connectivity index (χ0) is 21.6. The molecular weight excluding hydrogens is 376 g/mol. The summed E-state index contributed by atoms with van der Waals surface area (Å²) >= 11 is 0. The molecule has 1 unspecified atom stereocenters. The molecule has 1 heterocycles. The molecule has 0 saturated carbocycles. The molecular formula is C22H30O7. The lowest BCUT2D eigenvalue weighted by Gasteiger charge is -2.19. The van der Waals surface area contributed by atoms with Crippen molar-refractivity contribution in [3.63, 3.8) is 0 Å². The molecule has 160 valence electrons. The Hall–Kier alpha value is -2.19. The summed E-state index contributed by atoms with van der Waals surface area (Å²) in [5.74, 6) is -1.30. The van der Waals surface area contributed by atoms with Gasteiger partial charge in [-0.1, -0.05) is 24.3 Å². The van der Waals surface area contributed by atoms with Crippen LogP contribution in [-0.2, 0) is 9.47 Å². The first kappa shape index (κ1) is 23.1. The van der Waals surface area contributed by atoms with E-state index in [1.807, 2.05) is 0 Å². The van der Waals surface area contributed by atoms with Crippen LogP contribution < -0.4 is 4.74 Å². The Kier molecular flexibility index (Phi) is 7.98. The number of hydrogen-bond acceptors (Lipinski definition) is 6. The van der Waals surface area contributed by atoms with Crippen LogP contribution in [0.2, 0.25) is 0 Å². The van der Waals surface area contributed by atoms with Crippen LogP contribution in [0.25, 0.3) is 6.08 Å². The molecule has 0 aromatic heterocycles. The van der Waals surface area contributed by atoms with E-state index in [4.69, 9.17) is 14.2 Å². The van der Waals surface area contributed by atoms with Gasteiger partial charge < -0.3 is 29.5 Å². The summed E-state index contributed by atoms with van der Waals surface area (Å²) in [5.41, 5.74) is 0.688. The summed E-state index contributed by atoms with van der Waals surface area (Å²) in [4.78, 5) is 11.4. The van der Waals surface area contributed by atoms with Crippen molar-refractivity contribution in [2.45, 2.75) is 63.8 Å². The quantitative estimate of drug-likeness (QED) is 0.541. The van der Waals surface area contributed by atoms with E-state index >= 15 is 0 Å². The second-order valence-corrected chi connectivity index (χ2v) is 7.54. The van der Waals surface area contributed by atoms with E-state index in [-0.39, 0.29) is 5.56 Å². The largest absolute Gasteiger partial charge is 0.497 e. The van der Waals surface area contributed by atoms with Crippen LogP contribution in [0.5, 0.6) is 5.75 Å². The van der Waals surface area contributed by atoms with Crippen molar-refractivity contribution in [1.82, 2.24) is 0 Å². The van der Waals surface area contributed by atoms with Gasteiger partial charge in [0.05, 0.1) is 24.9 Å². The van der Waals surface area contributed by atoms with Crippen LogP contribution in [-0.4, -0.2) is 58.6 Å². The standard InChI is InChI=1S/C22H30O7/c1-14(23)7-5-9-18(24)20-19(28-22(2,3)29-20)10-6-8-15-13-16(27-4)11-12-17(15)21(25)26/h5-6,8-9,11-14,18-20,23-24H,7,10H2,1-4H3,(H,25,26)/b8-6+,9-5-/t14-,18?,19-,20+/m0/s1. The van der Waals surface area contributed by atoms with Crippen LogP contribution in [0.4, 0.5) is 0 Å². The lowest BCUT2D eigenvalue weighted by atomic mass is 10.0. The summed E-state index contributed by atoms with van der Waals surface area (Å²) in [5, 5.41) is 29.2. The molecule has 4 atom stereocenters. The topological polar surface area (TPSA) is 105 Å². The third-order valence-corrected chi connectivity index (χ3v) is 4.52. The predicted octanol–water partition coefficient (Wildman–Crippen LogP) is 3.00. The summed E-state index contributed by atoms with van der Waals surface area (Å²) in [6, 6.07) is 4.75. The fourth-order valence-corrected chi connectivity index (χ4v) is 3.19. The van der Waals surface area contributed by atoms with Gasteiger partial charge in [0, 0.05) is 0 Å². The third-order valence-electron chi connectivity index (χ3n) is 4.52. The molecule has 7 heteroatoms. The van der Waals surface area contributed by atoms with Gasteiger partial charge in [0.2, 0.25) is 0 Å². The predicted molar refractivity (Wildman–Crippen MR) is 109 cm³/mol. The number of carbonyl (C=O) groups is 1. The van der Waals surface area contributed by atoms with E-state index in [1.165, 1.54) is 13.2 Å². The average molecular weight is 406 g/mol. The molecule has 29 heavy (non-hydrogen) atoms. The molecule has 3 N–H and O–H groups in total. The molecule has 1 saturated heterocycles. The molecule has 1 aliphatic heterocycles. The van der Waals surface area contributed by atoms with Gasteiger partial charge >= 0.3 is 5.97 Å². The maximum Gasteiger partial charge on any atom is 0.336 e. The minimum absolute atomic E-state index is 0.170. The summed E-state index contributed by atoms with van der Waals surface area (Å²) in [6.07, 6.45) is 5.31. The normalized spacial score (nSPS) is 23.5. The minimum atomic E-state index is -1.02. The molecule has 1 aliphatic rings. The third kappa shape index (κ3) is 6.68. The molecule has 1 fully saturated rings.